The number of rotatable bonds is 8. The van der Waals surface area contributed by atoms with Crippen LogP contribution in [0.15, 0.2) is 48.8 Å². The SMILES string of the molecule is Cc1cc(CNC(=O)c2cc(C(=O)NCc3ccc4c(c3)NC(=O)CO4)nc3c(C(N)=O)ncn23)ccc1C(=O)O. The average Bonchev–Trinajstić information content (AvgIpc) is 3.38. The molecular formula is C27H23N7O7. The molecule has 4 aromatic rings. The molecule has 3 heterocycles. The maximum absolute atomic E-state index is 13.2. The van der Waals surface area contributed by atoms with E-state index in [0.717, 1.165) is 0 Å². The van der Waals surface area contributed by atoms with Crippen LogP contribution in [-0.2, 0) is 17.9 Å². The highest BCUT2D eigenvalue weighted by Gasteiger charge is 2.22. The predicted octanol–water partition coefficient (Wildman–Crippen LogP) is 1.03. The number of primary amides is 1. The van der Waals surface area contributed by atoms with Crippen LogP contribution in [0.5, 0.6) is 5.75 Å². The third-order valence-corrected chi connectivity index (χ3v) is 6.30. The van der Waals surface area contributed by atoms with Gasteiger partial charge in [-0.1, -0.05) is 18.2 Å². The fourth-order valence-corrected chi connectivity index (χ4v) is 4.30. The Hall–Kier alpha value is -5.79. The number of carboxylic acid groups (broad SMARTS) is 1. The Morgan fingerprint density at radius 1 is 1.05 bits per heavy atom. The zero-order valence-corrected chi connectivity index (χ0v) is 21.6. The number of aromatic nitrogens is 3. The maximum Gasteiger partial charge on any atom is 0.335 e. The molecule has 0 spiro atoms. The lowest BCUT2D eigenvalue weighted by Gasteiger charge is -2.18. The van der Waals surface area contributed by atoms with Crippen molar-refractivity contribution in [3.8, 4) is 5.75 Å². The predicted molar refractivity (Wildman–Crippen MR) is 143 cm³/mol. The van der Waals surface area contributed by atoms with Crippen LogP contribution in [0.4, 0.5) is 5.69 Å². The Labute approximate surface area is 231 Å². The molecule has 4 amide bonds. The molecule has 0 saturated carbocycles. The first-order valence-electron chi connectivity index (χ1n) is 12.2. The lowest BCUT2D eigenvalue weighted by atomic mass is 10.1. The largest absolute Gasteiger partial charge is 0.482 e. The van der Waals surface area contributed by atoms with E-state index in [1.54, 1.807) is 37.3 Å². The number of hydrogen-bond donors (Lipinski definition) is 5. The monoisotopic (exact) mass is 557 g/mol. The Balaban J connectivity index is 1.38. The van der Waals surface area contributed by atoms with Crippen LogP contribution in [0.1, 0.15) is 58.5 Å². The normalized spacial score (nSPS) is 12.2. The molecule has 208 valence electrons. The molecule has 0 aliphatic carbocycles. The summed E-state index contributed by atoms with van der Waals surface area (Å²) in [6.45, 7) is 1.69. The number of nitrogens with one attached hydrogen (secondary N) is 3. The first-order chi connectivity index (χ1) is 19.6. The summed E-state index contributed by atoms with van der Waals surface area (Å²) in [4.78, 5) is 69.3. The molecule has 0 radical (unpaired) electrons. The van der Waals surface area contributed by atoms with Gasteiger partial charge in [-0.05, 0) is 47.9 Å². The first kappa shape index (κ1) is 26.8. The topological polar surface area (TPSA) is 207 Å². The van der Waals surface area contributed by atoms with Gasteiger partial charge in [-0.15, -0.1) is 0 Å². The molecule has 0 atom stereocenters. The lowest BCUT2D eigenvalue weighted by Crippen LogP contribution is -2.28. The van der Waals surface area contributed by atoms with Crippen molar-refractivity contribution in [3.05, 3.63) is 88.1 Å². The Bertz CT molecular complexity index is 1760. The fourth-order valence-electron chi connectivity index (χ4n) is 4.30. The number of aromatic carboxylic acids is 1. The smallest absolute Gasteiger partial charge is 0.335 e. The van der Waals surface area contributed by atoms with Gasteiger partial charge in [0.15, 0.2) is 17.9 Å². The Morgan fingerprint density at radius 2 is 1.76 bits per heavy atom. The number of nitrogens with zero attached hydrogens (tertiary/aromatic N) is 3. The molecule has 2 aromatic heterocycles. The summed E-state index contributed by atoms with van der Waals surface area (Å²) >= 11 is 0. The van der Waals surface area contributed by atoms with Gasteiger partial charge >= 0.3 is 5.97 Å². The Morgan fingerprint density at radius 3 is 2.46 bits per heavy atom. The second-order valence-corrected chi connectivity index (χ2v) is 9.16. The van der Waals surface area contributed by atoms with E-state index in [4.69, 9.17) is 10.5 Å². The van der Waals surface area contributed by atoms with E-state index in [1.807, 2.05) is 0 Å². The van der Waals surface area contributed by atoms with Crippen LogP contribution in [0.2, 0.25) is 0 Å². The number of carbonyl (C=O) groups is 5. The van der Waals surface area contributed by atoms with Crippen LogP contribution in [0.3, 0.4) is 0 Å². The number of amides is 4. The summed E-state index contributed by atoms with van der Waals surface area (Å²) in [5, 5.41) is 17.3. The van der Waals surface area contributed by atoms with E-state index in [9.17, 15) is 29.1 Å². The van der Waals surface area contributed by atoms with Crippen molar-refractivity contribution < 1.29 is 33.8 Å². The zero-order chi connectivity index (χ0) is 29.3. The van der Waals surface area contributed by atoms with E-state index in [0.29, 0.717) is 28.1 Å². The molecule has 2 aromatic carbocycles. The maximum atomic E-state index is 13.2. The van der Waals surface area contributed by atoms with Crippen LogP contribution in [0, 0.1) is 6.92 Å². The molecule has 6 N–H and O–H groups in total. The molecule has 0 unspecified atom stereocenters. The number of imidazole rings is 1. The zero-order valence-electron chi connectivity index (χ0n) is 21.6. The quantitative estimate of drug-likeness (QED) is 0.209. The highest BCUT2D eigenvalue weighted by Crippen LogP contribution is 2.28. The first-order valence-corrected chi connectivity index (χ1v) is 12.2. The van der Waals surface area contributed by atoms with E-state index >= 15 is 0 Å². The molecule has 0 saturated heterocycles. The highest BCUT2D eigenvalue weighted by molar-refractivity contribution is 6.01. The fraction of sp³-hybridized carbons (Fsp3) is 0.148. The summed E-state index contributed by atoms with van der Waals surface area (Å²) in [6.07, 6.45) is 1.20. The number of carbonyl (C=O) groups excluding carboxylic acids is 4. The van der Waals surface area contributed by atoms with Crippen molar-refractivity contribution in [3.63, 3.8) is 0 Å². The number of nitrogens with two attached hydrogens (primary N) is 1. The second-order valence-electron chi connectivity index (χ2n) is 9.16. The van der Waals surface area contributed by atoms with Crippen LogP contribution < -0.4 is 26.4 Å². The van der Waals surface area contributed by atoms with Gasteiger partial charge in [0, 0.05) is 13.1 Å². The molecule has 0 bridgehead atoms. The van der Waals surface area contributed by atoms with Gasteiger partial charge < -0.3 is 31.5 Å². The van der Waals surface area contributed by atoms with Gasteiger partial charge in [0.1, 0.15) is 23.5 Å². The van der Waals surface area contributed by atoms with E-state index < -0.39 is 23.7 Å². The number of fused-ring (bicyclic) bond motifs is 2. The van der Waals surface area contributed by atoms with Crippen molar-refractivity contribution >= 4 is 40.9 Å². The number of aryl methyl sites for hydroxylation is 1. The summed E-state index contributed by atoms with van der Waals surface area (Å²) in [5.41, 5.74) is 7.39. The molecular weight excluding hydrogens is 534 g/mol. The second kappa shape index (κ2) is 10.8. The summed E-state index contributed by atoms with van der Waals surface area (Å²) in [5.74, 6) is -2.98. The minimum absolute atomic E-state index is 0.0346. The third kappa shape index (κ3) is 5.52. The van der Waals surface area contributed by atoms with Gasteiger partial charge in [0.2, 0.25) is 0 Å². The van der Waals surface area contributed by atoms with Crippen molar-refractivity contribution in [1.29, 1.82) is 0 Å². The van der Waals surface area contributed by atoms with Gasteiger partial charge in [0.05, 0.1) is 11.3 Å². The van der Waals surface area contributed by atoms with Gasteiger partial charge in [-0.25, -0.2) is 14.8 Å². The Kier molecular flexibility index (Phi) is 7.04. The molecule has 1 aliphatic heterocycles. The summed E-state index contributed by atoms with van der Waals surface area (Å²) < 4.78 is 6.58. The highest BCUT2D eigenvalue weighted by atomic mass is 16.5. The van der Waals surface area contributed by atoms with E-state index in [1.165, 1.54) is 22.9 Å². The van der Waals surface area contributed by atoms with Crippen LogP contribution in [-0.4, -0.2) is 55.7 Å². The molecule has 0 fully saturated rings. The summed E-state index contributed by atoms with van der Waals surface area (Å²) in [6, 6.07) is 11.0. The molecule has 41 heavy (non-hydrogen) atoms. The number of ether oxygens (including phenoxy) is 1. The standard InChI is InChI=1S/C27H23N7O7/c1-13-6-14(2-4-16(13)27(39)40)9-30-26(38)19-8-18(33-24-22(23(28)36)31-12-34(19)24)25(37)29-10-15-3-5-20-17(7-15)32-21(35)11-41-20/h2-8,12H,9-11H2,1H3,(H2,28,36)(H,29,37)(H,30,38)(H,32,35)(H,39,40). The lowest BCUT2D eigenvalue weighted by molar-refractivity contribution is -0.118. The van der Waals surface area contributed by atoms with Gasteiger partial charge in [0.25, 0.3) is 23.6 Å². The molecule has 5 rings (SSSR count). The van der Waals surface area contributed by atoms with Gasteiger partial charge in [-0.2, -0.15) is 0 Å². The van der Waals surface area contributed by atoms with E-state index in [2.05, 4.69) is 25.9 Å². The number of hydrogen-bond acceptors (Lipinski definition) is 8. The molecule has 1 aliphatic rings. The summed E-state index contributed by atoms with van der Waals surface area (Å²) in [7, 11) is 0. The van der Waals surface area contributed by atoms with Crippen molar-refractivity contribution in [2.75, 3.05) is 11.9 Å². The number of carboxylic acids is 1. The van der Waals surface area contributed by atoms with E-state index in [-0.39, 0.29) is 53.9 Å². The van der Waals surface area contributed by atoms with Crippen LogP contribution >= 0.6 is 0 Å². The number of benzene rings is 2. The molecule has 14 nitrogen and oxygen atoms in total. The van der Waals surface area contributed by atoms with Crippen LogP contribution in [0.25, 0.3) is 5.65 Å². The molecule has 14 heteroatoms. The van der Waals surface area contributed by atoms with Crippen molar-refractivity contribution in [1.82, 2.24) is 25.0 Å². The van der Waals surface area contributed by atoms with Crippen molar-refractivity contribution in [2.45, 2.75) is 20.0 Å². The minimum atomic E-state index is -1.05. The third-order valence-electron chi connectivity index (χ3n) is 6.30. The number of anilines is 1. The van der Waals surface area contributed by atoms with Gasteiger partial charge in [-0.3, -0.25) is 23.6 Å². The van der Waals surface area contributed by atoms with Crippen molar-refractivity contribution in [2.24, 2.45) is 5.73 Å². The average molecular weight is 558 g/mol. The minimum Gasteiger partial charge on any atom is -0.482 e.